The molecule has 2 aromatic carbocycles. The smallest absolute Gasteiger partial charge is 0.293 e. The van der Waals surface area contributed by atoms with Gasteiger partial charge in [-0.05, 0) is 117 Å². The topological polar surface area (TPSA) is 160 Å². The van der Waals surface area contributed by atoms with Crippen LogP contribution in [0.1, 0.15) is 95.6 Å². The van der Waals surface area contributed by atoms with Crippen molar-refractivity contribution in [3.05, 3.63) is 65.5 Å². The van der Waals surface area contributed by atoms with E-state index in [9.17, 15) is 19.2 Å². The number of amides is 3. The highest BCUT2D eigenvalue weighted by molar-refractivity contribution is 5.96. The van der Waals surface area contributed by atoms with E-state index in [0.717, 1.165) is 120 Å². The zero-order valence-corrected chi connectivity index (χ0v) is 42.5. The number of nitrogens with zero attached hydrogens (tertiary/aromatic N) is 6. The molecule has 16 nitrogen and oxygen atoms in total. The number of piperazine rings is 1. The number of likely N-dealkylation sites (tertiary alicyclic amines) is 1. The zero-order chi connectivity index (χ0) is 49.6. The second-order valence-electron chi connectivity index (χ2n) is 21.1. The lowest BCUT2D eigenvalue weighted by molar-refractivity contribution is -0.140. The summed E-state index contributed by atoms with van der Waals surface area (Å²) in [7, 11) is 1.73. The third kappa shape index (κ3) is 11.7. The first kappa shape index (κ1) is 50.4. The summed E-state index contributed by atoms with van der Waals surface area (Å²) in [6.07, 6.45) is 9.29. The molecule has 3 saturated heterocycles. The molecule has 2 N–H and O–H groups in total. The van der Waals surface area contributed by atoms with Crippen LogP contribution < -0.4 is 20.4 Å². The van der Waals surface area contributed by atoms with E-state index in [0.29, 0.717) is 51.4 Å². The van der Waals surface area contributed by atoms with Crippen LogP contribution in [-0.4, -0.2) is 147 Å². The van der Waals surface area contributed by atoms with Crippen LogP contribution in [0.3, 0.4) is 0 Å². The quantitative estimate of drug-likeness (QED) is 0.128. The molecule has 0 radical (unpaired) electrons. The fraction of sp³-hybridized carbons (Fsp3) is 0.582. The Balaban J connectivity index is 1.15. The maximum atomic E-state index is 14.2. The largest absolute Gasteiger partial charge is 0.491 e. The summed E-state index contributed by atoms with van der Waals surface area (Å²) in [4.78, 5) is 63.1. The van der Waals surface area contributed by atoms with Crippen molar-refractivity contribution >= 4 is 41.3 Å². The molecule has 1 aliphatic carbocycles. The SMILES string of the molecule is CCn1c(-c2cc(N3CCN(C4CC4)CC3)cnc2C(C)OC)c(CC(C)(C)COC=O)c2cc(-c3cc4cc(c3)OCC(C3CCN(C=O)CC3)OCCC(=O)NC(C(=O)N3CCCCN3)C4)ccc21. The van der Waals surface area contributed by atoms with Crippen LogP contribution in [0.15, 0.2) is 48.7 Å². The maximum absolute atomic E-state index is 14.2. The van der Waals surface area contributed by atoms with Crippen LogP contribution >= 0.6 is 0 Å². The number of nitrogens with one attached hydrogen (secondary N) is 2. The van der Waals surface area contributed by atoms with Gasteiger partial charge in [-0.1, -0.05) is 26.0 Å². The number of benzene rings is 2. The van der Waals surface area contributed by atoms with Gasteiger partial charge in [0.2, 0.25) is 12.3 Å². The van der Waals surface area contributed by atoms with Crippen molar-refractivity contribution in [3.63, 3.8) is 0 Å². The zero-order valence-electron chi connectivity index (χ0n) is 42.5. The number of hydrazine groups is 1. The molecular formula is C55H74N8O8. The highest BCUT2D eigenvalue weighted by atomic mass is 16.5. The van der Waals surface area contributed by atoms with Gasteiger partial charge in [-0.15, -0.1) is 0 Å². The van der Waals surface area contributed by atoms with Crippen molar-refractivity contribution in [3.8, 4) is 28.1 Å². The van der Waals surface area contributed by atoms with Gasteiger partial charge in [0.1, 0.15) is 18.4 Å². The van der Waals surface area contributed by atoms with Crippen LogP contribution in [0.4, 0.5) is 5.69 Å². The Kier molecular flexibility index (Phi) is 16.0. The van der Waals surface area contributed by atoms with E-state index in [1.165, 1.54) is 12.8 Å². The molecule has 3 unspecified atom stereocenters. The minimum absolute atomic E-state index is 0.104. The molecule has 9 rings (SSSR count). The number of carbonyl (C=O) groups is 4. The predicted octanol–water partition coefficient (Wildman–Crippen LogP) is 6.31. The lowest BCUT2D eigenvalue weighted by Gasteiger charge is -2.36. The average Bonchev–Trinajstić information content (AvgIpc) is 4.21. The highest BCUT2D eigenvalue weighted by Crippen LogP contribution is 2.43. The number of anilines is 1. The lowest BCUT2D eigenvalue weighted by Crippen LogP contribution is -2.56. The molecule has 5 aliphatic rings. The average molecular weight is 975 g/mol. The number of methoxy groups -OCH3 is 1. The molecule has 0 spiro atoms. The maximum Gasteiger partial charge on any atom is 0.293 e. The third-order valence-electron chi connectivity index (χ3n) is 15.4. The van der Waals surface area contributed by atoms with Gasteiger partial charge in [-0.2, -0.15) is 0 Å². The van der Waals surface area contributed by atoms with Gasteiger partial charge in [0, 0.05) is 107 Å². The Morgan fingerprint density at radius 1 is 0.972 bits per heavy atom. The molecule has 4 aromatic rings. The standard InChI is InChI=1S/C55H74N8O8/c1-6-62-49-12-9-40(29-45(49)47(31-55(3,4)34-69-36-65)53(62)46-30-43(32-56-52(46)37(2)68-5)61-22-20-60(21-23-61)42-10-11-42)41-25-38-26-44(28-41)71-33-50(39-13-18-59(35-64)19-14-39)70-24-15-51(66)58-48(27-38)54(67)63-17-8-7-16-57-63/h9,12,25-26,28-30,32,35-37,39,42,48,50,57H,6-8,10-11,13-24,27,31,33-34H2,1-5H3,(H,58,66). The molecule has 16 heteroatoms. The molecule has 2 aromatic heterocycles. The number of pyridine rings is 1. The molecule has 6 heterocycles. The van der Waals surface area contributed by atoms with E-state index >= 15 is 0 Å². The monoisotopic (exact) mass is 975 g/mol. The van der Waals surface area contributed by atoms with Crippen LogP contribution in [0, 0.1) is 11.3 Å². The van der Waals surface area contributed by atoms with Gasteiger partial charge < -0.3 is 38.6 Å². The van der Waals surface area contributed by atoms with E-state index in [1.54, 1.807) is 17.0 Å². The molecule has 382 valence electrons. The number of rotatable bonds is 15. The van der Waals surface area contributed by atoms with Gasteiger partial charge in [-0.3, -0.25) is 34.1 Å². The van der Waals surface area contributed by atoms with Crippen molar-refractivity contribution in [1.82, 2.24) is 35.1 Å². The van der Waals surface area contributed by atoms with Crippen molar-refractivity contribution in [1.29, 1.82) is 0 Å². The Hall–Kier alpha value is -5.55. The minimum Gasteiger partial charge on any atom is -0.491 e. The summed E-state index contributed by atoms with van der Waals surface area (Å²) in [6, 6.07) is 15.0. The van der Waals surface area contributed by atoms with E-state index < -0.39 is 11.5 Å². The molecule has 3 amide bonds. The third-order valence-corrected chi connectivity index (χ3v) is 15.4. The molecule has 1 saturated carbocycles. The summed E-state index contributed by atoms with van der Waals surface area (Å²) in [6.45, 7) is 16.9. The first-order chi connectivity index (χ1) is 34.4. The normalized spacial score (nSPS) is 21.6. The predicted molar refractivity (Wildman–Crippen MR) is 273 cm³/mol. The van der Waals surface area contributed by atoms with Crippen molar-refractivity contribution in [2.75, 3.05) is 84.2 Å². The van der Waals surface area contributed by atoms with E-state index in [2.05, 4.69) is 82.3 Å². The number of hydrogen-bond acceptors (Lipinski definition) is 12. The second-order valence-corrected chi connectivity index (χ2v) is 21.1. The number of hydrogen-bond donors (Lipinski definition) is 2. The minimum atomic E-state index is -0.818. The molecule has 4 aliphatic heterocycles. The van der Waals surface area contributed by atoms with E-state index in [-0.39, 0.29) is 62.6 Å². The Morgan fingerprint density at radius 3 is 2.48 bits per heavy atom. The molecule has 3 atom stereocenters. The first-order valence-corrected chi connectivity index (χ1v) is 26.1. The van der Waals surface area contributed by atoms with Gasteiger partial charge in [0.25, 0.3) is 12.4 Å². The Morgan fingerprint density at radius 2 is 1.77 bits per heavy atom. The Labute approximate surface area is 418 Å². The number of aryl methyl sites for hydroxylation is 1. The van der Waals surface area contributed by atoms with Crippen LogP contribution in [0.5, 0.6) is 5.75 Å². The molecular weight excluding hydrogens is 901 g/mol. The summed E-state index contributed by atoms with van der Waals surface area (Å²) < 4.78 is 27.1. The van der Waals surface area contributed by atoms with Gasteiger partial charge >= 0.3 is 0 Å². The number of ether oxygens (including phenoxy) is 4. The fourth-order valence-electron chi connectivity index (χ4n) is 11.2. The van der Waals surface area contributed by atoms with Gasteiger partial charge in [0.15, 0.2) is 0 Å². The van der Waals surface area contributed by atoms with Crippen molar-refractivity contribution in [2.24, 2.45) is 11.3 Å². The van der Waals surface area contributed by atoms with Gasteiger partial charge in [-0.25, -0.2) is 5.43 Å². The van der Waals surface area contributed by atoms with Crippen molar-refractivity contribution in [2.45, 2.75) is 116 Å². The van der Waals surface area contributed by atoms with Crippen LogP contribution in [0.2, 0.25) is 0 Å². The van der Waals surface area contributed by atoms with Gasteiger partial charge in [0.05, 0.1) is 48.7 Å². The number of fused-ring (bicyclic) bond motifs is 3. The summed E-state index contributed by atoms with van der Waals surface area (Å²) in [5.41, 5.74) is 11.8. The number of carbonyl (C=O) groups excluding carboxylic acids is 4. The Bertz CT molecular complexity index is 2520. The summed E-state index contributed by atoms with van der Waals surface area (Å²) in [5, 5.41) is 5.81. The summed E-state index contributed by atoms with van der Waals surface area (Å²) >= 11 is 0. The molecule has 2 bridgehead atoms. The van der Waals surface area contributed by atoms with Crippen LogP contribution in [0.25, 0.3) is 33.3 Å². The lowest BCUT2D eigenvalue weighted by atomic mass is 9.84. The first-order valence-electron chi connectivity index (χ1n) is 26.1. The number of piperidine rings is 1. The highest BCUT2D eigenvalue weighted by Gasteiger charge is 2.34. The fourth-order valence-corrected chi connectivity index (χ4v) is 11.2. The molecule has 4 fully saturated rings. The van der Waals surface area contributed by atoms with E-state index in [4.69, 9.17) is 23.9 Å². The second kappa shape index (κ2) is 22.5. The summed E-state index contributed by atoms with van der Waals surface area (Å²) in [5.74, 6) is 0.356. The van der Waals surface area contributed by atoms with Crippen LogP contribution in [-0.2, 0) is 52.8 Å². The van der Waals surface area contributed by atoms with E-state index in [1.807, 2.05) is 19.2 Å². The molecule has 71 heavy (non-hydrogen) atoms. The number of aromatic nitrogens is 2. The van der Waals surface area contributed by atoms with Crippen molar-refractivity contribution < 1.29 is 38.1 Å².